The van der Waals surface area contributed by atoms with Crippen molar-refractivity contribution in [3.63, 3.8) is 0 Å². The average Bonchev–Trinajstić information content (AvgIpc) is 2.87. The number of nitrogens with one attached hydrogen (secondary N) is 2. The molecule has 0 fully saturated rings. The largest absolute Gasteiger partial charge is 0.760 e. The summed E-state index contributed by atoms with van der Waals surface area (Å²) in [5.41, 5.74) is 2.52. The van der Waals surface area contributed by atoms with Crippen LogP contribution < -0.4 is 25.2 Å². The Hall–Kier alpha value is -3.87. The van der Waals surface area contributed by atoms with Gasteiger partial charge in [-0.2, -0.15) is 4.98 Å². The van der Waals surface area contributed by atoms with Crippen molar-refractivity contribution in [1.29, 1.82) is 0 Å². The number of hydrogen-bond donors (Lipinski definition) is 3. The van der Waals surface area contributed by atoms with Crippen molar-refractivity contribution in [2.24, 2.45) is 5.14 Å². The summed E-state index contributed by atoms with van der Waals surface area (Å²) in [6.45, 7) is 0. The van der Waals surface area contributed by atoms with Crippen molar-refractivity contribution in [2.75, 3.05) is 38.9 Å². The van der Waals surface area contributed by atoms with Gasteiger partial charge < -0.3 is 24.7 Å². The summed E-state index contributed by atoms with van der Waals surface area (Å²) in [7, 11) is 6.60. The number of nitrogens with zero attached hydrogens (tertiary/aromatic N) is 3. The fourth-order valence-electron chi connectivity index (χ4n) is 3.45. The monoisotopic (exact) mass is 499 g/mol. The molecule has 1 atom stereocenters. The van der Waals surface area contributed by atoms with Crippen molar-refractivity contribution in [3.05, 3.63) is 54.5 Å². The highest BCUT2D eigenvalue weighted by molar-refractivity contribution is 7.76. The van der Waals surface area contributed by atoms with Gasteiger partial charge in [-0.1, -0.05) is 18.2 Å². The Kier molecular flexibility index (Phi) is 8.47. The van der Waals surface area contributed by atoms with Crippen LogP contribution in [0.2, 0.25) is 0 Å². The summed E-state index contributed by atoms with van der Waals surface area (Å²) in [5, 5.41) is 10.7. The number of ether oxygens (including phenoxy) is 2. The van der Waals surface area contributed by atoms with Gasteiger partial charge in [-0.25, -0.2) is 14.4 Å². The molecule has 0 aliphatic rings. The fraction of sp³-hybridized carbons (Fsp3) is 0.174. The lowest BCUT2D eigenvalue weighted by atomic mass is 9.97. The maximum absolute atomic E-state index is 15.8. The number of methoxy groups -OCH3 is 2. The molecule has 2 aromatic heterocycles. The molecule has 35 heavy (non-hydrogen) atoms. The molecular formula is C23H24FN6O4S-. The first-order valence-corrected chi connectivity index (χ1v) is 11.3. The molecule has 0 radical (unpaired) electrons. The Morgan fingerprint density at radius 2 is 1.66 bits per heavy atom. The summed E-state index contributed by atoms with van der Waals surface area (Å²) >= 11 is -2.36. The van der Waals surface area contributed by atoms with Gasteiger partial charge >= 0.3 is 0 Å². The van der Waals surface area contributed by atoms with Gasteiger partial charge in [-0.15, -0.1) is 0 Å². The Morgan fingerprint density at radius 1 is 0.971 bits per heavy atom. The average molecular weight is 500 g/mol. The molecule has 184 valence electrons. The van der Waals surface area contributed by atoms with E-state index >= 15 is 4.39 Å². The van der Waals surface area contributed by atoms with Crippen LogP contribution in [0.4, 0.5) is 16.2 Å². The Balaban J connectivity index is 0.000000795. The molecule has 0 spiro atoms. The number of rotatable bonds is 6. The molecule has 0 bridgehead atoms. The third-order valence-electron chi connectivity index (χ3n) is 5.01. The van der Waals surface area contributed by atoms with E-state index < -0.39 is 11.3 Å². The first-order chi connectivity index (χ1) is 16.8. The second-order valence-electron chi connectivity index (χ2n) is 6.98. The molecule has 4 rings (SSSR count). The highest BCUT2D eigenvalue weighted by Crippen LogP contribution is 2.39. The minimum absolute atomic E-state index is 0.389. The van der Waals surface area contributed by atoms with Crippen LogP contribution >= 0.6 is 0 Å². The zero-order valence-electron chi connectivity index (χ0n) is 19.5. The summed E-state index contributed by atoms with van der Waals surface area (Å²) in [4.78, 5) is 13.2. The van der Waals surface area contributed by atoms with Crippen molar-refractivity contribution >= 4 is 34.1 Å². The highest BCUT2D eigenvalue weighted by Gasteiger charge is 2.19. The minimum atomic E-state index is -2.36. The van der Waals surface area contributed by atoms with Crippen LogP contribution in [0.15, 0.2) is 48.7 Å². The van der Waals surface area contributed by atoms with E-state index in [0.717, 1.165) is 0 Å². The SMILES string of the molecule is CNc1ncc2cc(-c3cccc(-c4cc(OC)ccc4OC)c3F)c(NC)nc2n1.NS(=O)[O-]. The molecule has 12 heteroatoms. The Labute approximate surface area is 204 Å². The maximum Gasteiger partial charge on any atom is 0.224 e. The van der Waals surface area contributed by atoms with Crippen LogP contribution in [-0.2, 0) is 11.3 Å². The van der Waals surface area contributed by atoms with Gasteiger partial charge in [0.1, 0.15) is 23.1 Å². The van der Waals surface area contributed by atoms with Gasteiger partial charge in [-0.05, 0) is 24.3 Å². The molecule has 0 aliphatic carbocycles. The van der Waals surface area contributed by atoms with E-state index in [2.05, 4.69) is 30.7 Å². The normalized spacial score (nSPS) is 11.3. The van der Waals surface area contributed by atoms with Gasteiger partial charge in [0.2, 0.25) is 5.95 Å². The molecule has 1 unspecified atom stereocenters. The van der Waals surface area contributed by atoms with Crippen molar-refractivity contribution in [3.8, 4) is 33.8 Å². The van der Waals surface area contributed by atoms with E-state index in [-0.39, 0.29) is 5.82 Å². The lowest BCUT2D eigenvalue weighted by Crippen LogP contribution is -2.02. The predicted octanol–water partition coefficient (Wildman–Crippen LogP) is 3.34. The number of anilines is 2. The molecule has 2 aromatic carbocycles. The Bertz CT molecular complexity index is 1370. The van der Waals surface area contributed by atoms with Crippen LogP contribution in [-0.4, -0.2) is 52.0 Å². The first kappa shape index (κ1) is 25.7. The van der Waals surface area contributed by atoms with Crippen molar-refractivity contribution in [1.82, 2.24) is 15.0 Å². The molecular weight excluding hydrogens is 475 g/mol. The van der Waals surface area contributed by atoms with Gasteiger partial charge in [0.25, 0.3) is 0 Å². The quantitative estimate of drug-likeness (QED) is 0.340. The van der Waals surface area contributed by atoms with Crippen LogP contribution in [0.1, 0.15) is 0 Å². The summed E-state index contributed by atoms with van der Waals surface area (Å²) in [5.74, 6) is 1.76. The smallest absolute Gasteiger partial charge is 0.224 e. The standard InChI is InChI=1S/C23H22FN5O2.H3NO2S/c1-25-22-18(10-13-12-27-23(26-2)29-21(13)28-22)16-7-5-6-15(20(16)24)17-11-14(30-3)8-9-19(17)31-4;1-4(2)3/h5-12H,1-4H3,(H2,25,26,27,28,29);1H2,(H,2,3)/p-1. The fourth-order valence-corrected chi connectivity index (χ4v) is 3.45. The molecule has 2 heterocycles. The number of aromatic nitrogens is 3. The van der Waals surface area contributed by atoms with Crippen LogP contribution in [0.3, 0.4) is 0 Å². The third kappa shape index (κ3) is 5.80. The lowest BCUT2D eigenvalue weighted by molar-refractivity contribution is 0.404. The number of benzene rings is 2. The van der Waals surface area contributed by atoms with E-state index in [0.29, 0.717) is 56.6 Å². The van der Waals surface area contributed by atoms with Gasteiger partial charge in [-0.3, -0.25) is 9.35 Å². The summed E-state index contributed by atoms with van der Waals surface area (Å²) in [6.07, 6.45) is 1.66. The maximum atomic E-state index is 15.8. The van der Waals surface area contributed by atoms with Crippen LogP contribution in [0.5, 0.6) is 11.5 Å². The van der Waals surface area contributed by atoms with Gasteiger partial charge in [0.15, 0.2) is 5.65 Å². The number of pyridine rings is 1. The molecule has 0 saturated carbocycles. The first-order valence-electron chi connectivity index (χ1n) is 10.2. The number of hydrogen-bond acceptors (Lipinski definition) is 9. The zero-order valence-corrected chi connectivity index (χ0v) is 20.3. The van der Waals surface area contributed by atoms with E-state index in [9.17, 15) is 0 Å². The Morgan fingerprint density at radius 3 is 2.26 bits per heavy atom. The summed E-state index contributed by atoms with van der Waals surface area (Å²) in [6, 6.07) is 12.4. The number of halogens is 1. The van der Waals surface area contributed by atoms with Crippen molar-refractivity contribution < 1.29 is 22.6 Å². The number of fused-ring (bicyclic) bond motifs is 1. The molecule has 4 aromatic rings. The molecule has 0 amide bonds. The molecule has 0 aliphatic heterocycles. The van der Waals surface area contributed by atoms with E-state index in [1.54, 1.807) is 70.9 Å². The van der Waals surface area contributed by atoms with E-state index in [4.69, 9.17) is 18.2 Å². The molecule has 10 nitrogen and oxygen atoms in total. The second kappa shape index (κ2) is 11.5. The zero-order chi connectivity index (χ0) is 25.5. The van der Waals surface area contributed by atoms with E-state index in [1.807, 2.05) is 6.07 Å². The third-order valence-corrected chi connectivity index (χ3v) is 5.01. The summed E-state index contributed by atoms with van der Waals surface area (Å²) < 4.78 is 44.2. The van der Waals surface area contributed by atoms with Gasteiger partial charge in [0, 0.05) is 59.2 Å². The van der Waals surface area contributed by atoms with Gasteiger partial charge in [0.05, 0.1) is 14.2 Å². The van der Waals surface area contributed by atoms with E-state index in [1.165, 1.54) is 0 Å². The number of nitrogens with two attached hydrogens (primary N) is 1. The predicted molar refractivity (Wildman–Crippen MR) is 133 cm³/mol. The second-order valence-corrected chi connectivity index (χ2v) is 7.51. The topological polar surface area (TPSA) is 147 Å². The van der Waals surface area contributed by atoms with Crippen LogP contribution in [0.25, 0.3) is 33.3 Å². The minimum Gasteiger partial charge on any atom is -0.760 e. The van der Waals surface area contributed by atoms with Crippen molar-refractivity contribution in [2.45, 2.75) is 0 Å². The molecule has 0 saturated heterocycles. The lowest BCUT2D eigenvalue weighted by Gasteiger charge is -2.15. The van der Waals surface area contributed by atoms with Crippen LogP contribution in [0, 0.1) is 5.82 Å². The highest BCUT2D eigenvalue weighted by atomic mass is 32.2. The molecule has 4 N–H and O–H groups in total.